The van der Waals surface area contributed by atoms with Crippen molar-refractivity contribution < 1.29 is 9.53 Å². The van der Waals surface area contributed by atoms with E-state index in [0.29, 0.717) is 18.1 Å². The zero-order valence-corrected chi connectivity index (χ0v) is 14.9. The van der Waals surface area contributed by atoms with Crippen molar-refractivity contribution in [2.75, 3.05) is 18.6 Å². The summed E-state index contributed by atoms with van der Waals surface area (Å²) in [6.45, 7) is 4.00. The van der Waals surface area contributed by atoms with Crippen LogP contribution >= 0.6 is 0 Å². The molecule has 0 spiro atoms. The van der Waals surface area contributed by atoms with Crippen molar-refractivity contribution in [3.63, 3.8) is 0 Å². The van der Waals surface area contributed by atoms with E-state index in [4.69, 9.17) is 4.74 Å². The molecule has 0 radical (unpaired) electrons. The van der Waals surface area contributed by atoms with Gasteiger partial charge in [0.25, 0.3) is 0 Å². The average Bonchev–Trinajstić information content (AvgIpc) is 3.14. The summed E-state index contributed by atoms with van der Waals surface area (Å²) in [6, 6.07) is 13.7. The second-order valence-electron chi connectivity index (χ2n) is 6.17. The highest BCUT2D eigenvalue weighted by Crippen LogP contribution is 2.39. The largest absolute Gasteiger partial charge is 0.463 e. The van der Waals surface area contributed by atoms with Gasteiger partial charge >= 0.3 is 5.97 Å². The molecule has 0 saturated carbocycles. The lowest BCUT2D eigenvalue weighted by Gasteiger charge is -2.32. The number of nitrogens with zero attached hydrogens (tertiary/aromatic N) is 5. The molecule has 0 N–H and O–H groups in total. The van der Waals surface area contributed by atoms with Gasteiger partial charge in [-0.25, -0.2) is 4.79 Å². The molecular formula is C19H19N5O2. The number of hydrogen-bond acceptors (Lipinski definition) is 6. The number of carbonyl (C=O) groups is 1. The molecule has 4 rings (SSSR count). The van der Waals surface area contributed by atoms with Crippen LogP contribution in [0.5, 0.6) is 0 Å². The lowest BCUT2D eigenvalue weighted by molar-refractivity contribution is -0.139. The van der Waals surface area contributed by atoms with Crippen molar-refractivity contribution in [1.82, 2.24) is 20.2 Å². The number of anilines is 1. The number of carbonyl (C=O) groups excluding carboxylic acids is 1. The third kappa shape index (κ3) is 2.35. The summed E-state index contributed by atoms with van der Waals surface area (Å²) in [5.41, 5.74) is 2.29. The molecule has 2 heterocycles. The Kier molecular flexibility index (Phi) is 3.91. The Balaban J connectivity index is 2.00. The predicted octanol–water partition coefficient (Wildman–Crippen LogP) is 2.70. The number of aromatic nitrogens is 4. The lowest BCUT2D eigenvalue weighted by Crippen LogP contribution is -2.34. The maximum atomic E-state index is 12.8. The molecule has 0 saturated heterocycles. The minimum Gasteiger partial charge on any atom is -0.463 e. The van der Waals surface area contributed by atoms with Crippen LogP contribution in [0.15, 0.2) is 53.7 Å². The van der Waals surface area contributed by atoms with Gasteiger partial charge in [0.05, 0.1) is 12.2 Å². The number of rotatable bonds is 3. The van der Waals surface area contributed by atoms with Crippen LogP contribution in [0.25, 0.3) is 10.8 Å². The molecule has 26 heavy (non-hydrogen) atoms. The van der Waals surface area contributed by atoms with Crippen molar-refractivity contribution in [3.05, 3.63) is 59.3 Å². The molecule has 2 aromatic carbocycles. The van der Waals surface area contributed by atoms with Crippen molar-refractivity contribution in [1.29, 1.82) is 0 Å². The Labute approximate surface area is 150 Å². The van der Waals surface area contributed by atoms with E-state index < -0.39 is 6.04 Å². The van der Waals surface area contributed by atoms with Gasteiger partial charge in [-0.3, -0.25) is 0 Å². The molecule has 1 aliphatic rings. The van der Waals surface area contributed by atoms with Crippen LogP contribution in [0.1, 0.15) is 25.5 Å². The fourth-order valence-corrected chi connectivity index (χ4v) is 3.47. The number of allylic oxidation sites excluding steroid dienone is 1. The zero-order valence-electron chi connectivity index (χ0n) is 14.9. The summed E-state index contributed by atoms with van der Waals surface area (Å²) < 4.78 is 7.03. The molecule has 0 fully saturated rings. The van der Waals surface area contributed by atoms with Crippen LogP contribution in [-0.4, -0.2) is 39.8 Å². The zero-order chi connectivity index (χ0) is 18.3. The van der Waals surface area contributed by atoms with Gasteiger partial charge in [0, 0.05) is 12.7 Å². The fraction of sp³-hybridized carbons (Fsp3) is 0.263. The standard InChI is InChI=1S/C19H19N5O2/c1-4-26-18(25)16-12(2)23(3)19-20-21-22-24(19)17(16)15-11-7-9-13-8-5-6-10-14(13)15/h5-11,17H,4H2,1-3H3. The van der Waals surface area contributed by atoms with Gasteiger partial charge in [-0.15, -0.1) is 0 Å². The van der Waals surface area contributed by atoms with Crippen LogP contribution in [0.2, 0.25) is 0 Å². The molecule has 7 nitrogen and oxygen atoms in total. The molecule has 132 valence electrons. The first-order chi connectivity index (χ1) is 12.6. The monoisotopic (exact) mass is 349 g/mol. The molecule has 1 atom stereocenters. The maximum absolute atomic E-state index is 12.8. The number of tetrazole rings is 1. The Morgan fingerprint density at radius 1 is 1.19 bits per heavy atom. The van der Waals surface area contributed by atoms with E-state index >= 15 is 0 Å². The summed E-state index contributed by atoms with van der Waals surface area (Å²) in [5.74, 6) is 0.240. The topological polar surface area (TPSA) is 73.1 Å². The first kappa shape index (κ1) is 16.3. The molecule has 0 bridgehead atoms. The molecule has 0 aliphatic carbocycles. The van der Waals surface area contributed by atoms with E-state index in [1.165, 1.54) is 0 Å². The SMILES string of the molecule is CCOC(=O)C1=C(C)N(C)c2nnnn2C1c1cccc2ccccc12. The van der Waals surface area contributed by atoms with Crippen LogP contribution in [0, 0.1) is 0 Å². The molecule has 0 amide bonds. The second-order valence-corrected chi connectivity index (χ2v) is 6.17. The number of benzene rings is 2. The highest BCUT2D eigenvalue weighted by molar-refractivity contribution is 5.95. The van der Waals surface area contributed by atoms with Crippen LogP contribution in [0.3, 0.4) is 0 Å². The van der Waals surface area contributed by atoms with Gasteiger partial charge in [0.15, 0.2) is 0 Å². The quantitative estimate of drug-likeness (QED) is 0.677. The summed E-state index contributed by atoms with van der Waals surface area (Å²) in [4.78, 5) is 14.6. The van der Waals surface area contributed by atoms with Crippen LogP contribution in [-0.2, 0) is 9.53 Å². The van der Waals surface area contributed by atoms with E-state index in [2.05, 4.69) is 27.7 Å². The molecule has 1 aromatic heterocycles. The van der Waals surface area contributed by atoms with E-state index in [1.807, 2.05) is 49.2 Å². The first-order valence-electron chi connectivity index (χ1n) is 8.50. The molecule has 1 unspecified atom stereocenters. The van der Waals surface area contributed by atoms with Gasteiger partial charge in [-0.05, 0) is 40.6 Å². The predicted molar refractivity (Wildman–Crippen MR) is 97.6 cm³/mol. The van der Waals surface area contributed by atoms with Crippen LogP contribution < -0.4 is 4.90 Å². The minimum absolute atomic E-state index is 0.310. The van der Waals surface area contributed by atoms with Crippen molar-refractivity contribution >= 4 is 22.7 Å². The van der Waals surface area contributed by atoms with E-state index in [1.54, 1.807) is 11.6 Å². The van der Waals surface area contributed by atoms with Crippen LogP contribution in [0.4, 0.5) is 5.95 Å². The maximum Gasteiger partial charge on any atom is 0.338 e. The van der Waals surface area contributed by atoms with Gasteiger partial charge in [-0.1, -0.05) is 47.6 Å². The van der Waals surface area contributed by atoms with E-state index in [0.717, 1.165) is 22.0 Å². The summed E-state index contributed by atoms with van der Waals surface area (Å²) in [6.07, 6.45) is 0. The average molecular weight is 349 g/mol. The minimum atomic E-state index is -0.443. The summed E-state index contributed by atoms with van der Waals surface area (Å²) in [7, 11) is 1.84. The van der Waals surface area contributed by atoms with Crippen molar-refractivity contribution in [3.8, 4) is 0 Å². The molecule has 1 aliphatic heterocycles. The van der Waals surface area contributed by atoms with Crippen molar-refractivity contribution in [2.24, 2.45) is 0 Å². The van der Waals surface area contributed by atoms with E-state index in [-0.39, 0.29) is 5.97 Å². The molecule has 7 heteroatoms. The number of esters is 1. The highest BCUT2D eigenvalue weighted by Gasteiger charge is 2.37. The number of ether oxygens (including phenoxy) is 1. The Hall–Kier alpha value is -3.22. The van der Waals surface area contributed by atoms with Gasteiger partial charge in [-0.2, -0.15) is 4.68 Å². The fourth-order valence-electron chi connectivity index (χ4n) is 3.47. The van der Waals surface area contributed by atoms with Gasteiger partial charge in [0.1, 0.15) is 6.04 Å². The van der Waals surface area contributed by atoms with Gasteiger partial charge in [0.2, 0.25) is 5.95 Å². The van der Waals surface area contributed by atoms with E-state index in [9.17, 15) is 4.79 Å². The lowest BCUT2D eigenvalue weighted by atomic mass is 9.91. The smallest absolute Gasteiger partial charge is 0.338 e. The van der Waals surface area contributed by atoms with Gasteiger partial charge < -0.3 is 9.64 Å². The first-order valence-corrected chi connectivity index (χ1v) is 8.50. The highest BCUT2D eigenvalue weighted by atomic mass is 16.5. The van der Waals surface area contributed by atoms with Crippen molar-refractivity contribution in [2.45, 2.75) is 19.9 Å². The second kappa shape index (κ2) is 6.25. The molecular weight excluding hydrogens is 330 g/mol. The summed E-state index contributed by atoms with van der Waals surface area (Å²) >= 11 is 0. The molecule has 3 aromatic rings. The third-order valence-electron chi connectivity index (χ3n) is 4.80. The Morgan fingerprint density at radius 3 is 2.77 bits per heavy atom. The number of fused-ring (bicyclic) bond motifs is 2. The Morgan fingerprint density at radius 2 is 1.96 bits per heavy atom. The summed E-state index contributed by atoms with van der Waals surface area (Å²) in [5, 5.41) is 14.3. The Bertz CT molecular complexity index is 1020. The third-order valence-corrected chi connectivity index (χ3v) is 4.80. The number of hydrogen-bond donors (Lipinski definition) is 0. The normalized spacial score (nSPS) is 16.7.